The number of nitrogens with one attached hydrogen (secondary N) is 1. The summed E-state index contributed by atoms with van der Waals surface area (Å²) < 4.78 is 5.06. The average molecular weight is 305 g/mol. The second-order valence-corrected chi connectivity index (χ2v) is 5.85. The van der Waals surface area contributed by atoms with Gasteiger partial charge in [0, 0.05) is 31.4 Å². The smallest absolute Gasteiger partial charge is 0.409 e. The van der Waals surface area contributed by atoms with Gasteiger partial charge in [0.25, 0.3) is 0 Å². The molecule has 1 N–H and O–H groups in total. The van der Waals surface area contributed by atoms with Gasteiger partial charge in [0.15, 0.2) is 0 Å². The van der Waals surface area contributed by atoms with Crippen molar-refractivity contribution in [3.63, 3.8) is 0 Å². The zero-order valence-electron chi connectivity index (χ0n) is 13.8. The first-order valence-corrected chi connectivity index (χ1v) is 8.24. The van der Waals surface area contributed by atoms with Crippen LogP contribution in [0.3, 0.4) is 0 Å². The molecule has 0 aliphatic carbocycles. The van der Waals surface area contributed by atoms with Crippen molar-refractivity contribution in [1.29, 1.82) is 0 Å². The zero-order valence-corrected chi connectivity index (χ0v) is 13.8. The first-order valence-electron chi connectivity index (χ1n) is 8.24. The number of hydrogen-bond acceptors (Lipinski definition) is 4. The van der Waals surface area contributed by atoms with Gasteiger partial charge in [-0.15, -0.1) is 0 Å². The van der Waals surface area contributed by atoms with Crippen molar-refractivity contribution in [2.45, 2.75) is 52.1 Å². The molecule has 0 aromatic carbocycles. The number of carbonyl (C=O) groups is 1. The Morgan fingerprint density at radius 1 is 1.45 bits per heavy atom. The minimum atomic E-state index is -0.187. The number of carbonyl (C=O) groups excluding carboxylic acids is 1. The quantitative estimate of drug-likeness (QED) is 0.908. The predicted molar refractivity (Wildman–Crippen MR) is 86.8 cm³/mol. The Bertz CT molecular complexity index is 485. The van der Waals surface area contributed by atoms with E-state index in [-0.39, 0.29) is 12.1 Å². The lowest BCUT2D eigenvalue weighted by molar-refractivity contribution is 0.0940. The van der Waals surface area contributed by atoms with E-state index in [9.17, 15) is 4.79 Å². The Morgan fingerprint density at radius 3 is 2.77 bits per heavy atom. The number of hydrogen-bond donors (Lipinski definition) is 1. The van der Waals surface area contributed by atoms with Gasteiger partial charge >= 0.3 is 6.09 Å². The fourth-order valence-corrected chi connectivity index (χ4v) is 2.89. The van der Waals surface area contributed by atoms with Crippen LogP contribution in [-0.2, 0) is 4.74 Å². The fourth-order valence-electron chi connectivity index (χ4n) is 2.89. The van der Waals surface area contributed by atoms with E-state index in [1.807, 2.05) is 19.2 Å². The third-order valence-electron chi connectivity index (χ3n) is 4.16. The molecule has 0 bridgehead atoms. The van der Waals surface area contributed by atoms with E-state index in [2.05, 4.69) is 30.2 Å². The number of likely N-dealkylation sites (tertiary alicyclic amines) is 1. The summed E-state index contributed by atoms with van der Waals surface area (Å²) in [5.74, 6) is 0. The number of aromatic nitrogens is 1. The van der Waals surface area contributed by atoms with Gasteiger partial charge < -0.3 is 15.0 Å². The summed E-state index contributed by atoms with van der Waals surface area (Å²) in [6.45, 7) is 8.06. The average Bonchev–Trinajstić information content (AvgIpc) is 2.53. The highest BCUT2D eigenvalue weighted by molar-refractivity contribution is 5.67. The molecular formula is C17H27N3O2. The highest BCUT2D eigenvalue weighted by atomic mass is 16.6. The minimum absolute atomic E-state index is 0.187. The highest BCUT2D eigenvalue weighted by Crippen LogP contribution is 2.20. The Hall–Kier alpha value is -1.62. The summed E-state index contributed by atoms with van der Waals surface area (Å²) in [5.41, 5.74) is 2.35. The van der Waals surface area contributed by atoms with Crippen molar-refractivity contribution >= 4 is 6.09 Å². The van der Waals surface area contributed by atoms with Gasteiger partial charge in [-0.2, -0.15) is 0 Å². The summed E-state index contributed by atoms with van der Waals surface area (Å²) in [4.78, 5) is 18.0. The molecular weight excluding hydrogens is 278 g/mol. The lowest BCUT2D eigenvalue weighted by Gasteiger charge is -2.33. The van der Waals surface area contributed by atoms with Crippen molar-refractivity contribution in [1.82, 2.24) is 15.2 Å². The van der Waals surface area contributed by atoms with Crippen LogP contribution in [0, 0.1) is 6.92 Å². The maximum Gasteiger partial charge on any atom is 0.409 e. The van der Waals surface area contributed by atoms with Gasteiger partial charge in [0.2, 0.25) is 0 Å². The van der Waals surface area contributed by atoms with Gasteiger partial charge in [-0.25, -0.2) is 4.79 Å². The molecule has 1 saturated heterocycles. The van der Waals surface area contributed by atoms with E-state index < -0.39 is 0 Å². The number of rotatable bonds is 5. The van der Waals surface area contributed by atoms with Crippen LogP contribution in [-0.4, -0.2) is 41.7 Å². The molecule has 1 fully saturated rings. The van der Waals surface area contributed by atoms with Crippen molar-refractivity contribution in [3.8, 4) is 0 Å². The van der Waals surface area contributed by atoms with Crippen molar-refractivity contribution in [3.05, 3.63) is 29.6 Å². The maximum atomic E-state index is 11.7. The lowest BCUT2D eigenvalue weighted by Crippen LogP contribution is -2.46. The van der Waals surface area contributed by atoms with Gasteiger partial charge in [0.1, 0.15) is 0 Å². The van der Waals surface area contributed by atoms with Crippen LogP contribution < -0.4 is 5.32 Å². The molecule has 22 heavy (non-hydrogen) atoms. The molecule has 0 saturated carbocycles. The molecule has 1 aliphatic heterocycles. The monoisotopic (exact) mass is 305 g/mol. The Balaban J connectivity index is 1.87. The molecule has 1 amide bonds. The van der Waals surface area contributed by atoms with E-state index in [0.29, 0.717) is 12.6 Å². The van der Waals surface area contributed by atoms with E-state index in [1.54, 1.807) is 4.90 Å². The number of nitrogens with zero attached hydrogens (tertiary/aromatic N) is 2. The second kappa shape index (κ2) is 8.13. The predicted octanol–water partition coefficient (Wildman–Crippen LogP) is 3.05. The summed E-state index contributed by atoms with van der Waals surface area (Å²) >= 11 is 0. The zero-order chi connectivity index (χ0) is 15.9. The number of aryl methyl sites for hydroxylation is 1. The SMILES string of the molecule is CCOC(=O)N1CCC(N[C@H](CC)c2cc(C)ccn2)CC1. The number of amides is 1. The first-order chi connectivity index (χ1) is 10.6. The molecule has 0 spiro atoms. The molecule has 0 unspecified atom stereocenters. The molecule has 5 nitrogen and oxygen atoms in total. The molecule has 5 heteroatoms. The van der Waals surface area contributed by atoms with E-state index in [0.717, 1.165) is 38.0 Å². The van der Waals surface area contributed by atoms with Crippen molar-refractivity contribution in [2.75, 3.05) is 19.7 Å². The highest BCUT2D eigenvalue weighted by Gasteiger charge is 2.25. The van der Waals surface area contributed by atoms with Crippen LogP contribution in [0.2, 0.25) is 0 Å². The van der Waals surface area contributed by atoms with Crippen LogP contribution in [0.5, 0.6) is 0 Å². The van der Waals surface area contributed by atoms with E-state index >= 15 is 0 Å². The van der Waals surface area contributed by atoms with Crippen LogP contribution in [0.1, 0.15) is 50.4 Å². The first kappa shape index (κ1) is 16.7. The Morgan fingerprint density at radius 2 is 2.18 bits per heavy atom. The Kier molecular flexibility index (Phi) is 6.19. The van der Waals surface area contributed by atoms with E-state index in [4.69, 9.17) is 4.74 Å². The van der Waals surface area contributed by atoms with Gasteiger partial charge in [-0.3, -0.25) is 4.98 Å². The molecule has 1 atom stereocenters. The third kappa shape index (κ3) is 4.44. The fraction of sp³-hybridized carbons (Fsp3) is 0.647. The van der Waals surface area contributed by atoms with Crippen LogP contribution in [0.25, 0.3) is 0 Å². The number of piperidine rings is 1. The van der Waals surface area contributed by atoms with Crippen LogP contribution in [0.15, 0.2) is 18.3 Å². The molecule has 1 aliphatic rings. The van der Waals surface area contributed by atoms with Gasteiger partial charge in [0.05, 0.1) is 12.3 Å². The minimum Gasteiger partial charge on any atom is -0.450 e. The second-order valence-electron chi connectivity index (χ2n) is 5.85. The van der Waals surface area contributed by atoms with Crippen molar-refractivity contribution in [2.24, 2.45) is 0 Å². The summed E-state index contributed by atoms with van der Waals surface area (Å²) in [5, 5.41) is 3.70. The maximum absolute atomic E-state index is 11.7. The molecule has 0 radical (unpaired) electrons. The molecule has 2 rings (SSSR count). The normalized spacial score (nSPS) is 17.3. The molecule has 122 valence electrons. The van der Waals surface area contributed by atoms with Gasteiger partial charge in [-0.05, 0) is 50.8 Å². The number of ether oxygens (including phenoxy) is 1. The third-order valence-corrected chi connectivity index (χ3v) is 4.16. The molecule has 1 aromatic rings. The number of pyridine rings is 1. The van der Waals surface area contributed by atoms with Crippen LogP contribution in [0.4, 0.5) is 4.79 Å². The van der Waals surface area contributed by atoms with Crippen LogP contribution >= 0.6 is 0 Å². The van der Waals surface area contributed by atoms with Gasteiger partial charge in [-0.1, -0.05) is 6.92 Å². The van der Waals surface area contributed by atoms with E-state index in [1.165, 1.54) is 5.56 Å². The summed E-state index contributed by atoms with van der Waals surface area (Å²) in [6, 6.07) is 4.88. The lowest BCUT2D eigenvalue weighted by atomic mass is 10.0. The standard InChI is InChI=1S/C17H27N3O2/c1-4-15(16-12-13(3)6-9-18-16)19-14-7-10-20(11-8-14)17(21)22-5-2/h6,9,12,14-15,19H,4-5,7-8,10-11H2,1-3H3/t15-/m1/s1. The topological polar surface area (TPSA) is 54.5 Å². The Labute approximate surface area is 133 Å². The van der Waals surface area contributed by atoms with Crippen molar-refractivity contribution < 1.29 is 9.53 Å². The summed E-state index contributed by atoms with van der Waals surface area (Å²) in [7, 11) is 0. The molecule has 1 aromatic heterocycles. The largest absolute Gasteiger partial charge is 0.450 e. The molecule has 2 heterocycles. The summed E-state index contributed by atoms with van der Waals surface area (Å²) in [6.07, 6.45) is 4.61.